The SMILES string of the molecule is C=CC(=O)N1CCC(N(C)c2nc(OC[C@@H]3C[C@@H](F)CN3C)nc3c(F)c(-c4ccc(F)c5sc(N)c(C#N)c45)c(Cl)cc23)[C@H]1C. The first-order chi connectivity index (χ1) is 21.9. The summed E-state index contributed by atoms with van der Waals surface area (Å²) in [6, 6.07) is 5.30. The van der Waals surface area contributed by atoms with Crippen molar-refractivity contribution >= 4 is 60.7 Å². The summed E-state index contributed by atoms with van der Waals surface area (Å²) in [7, 11) is 3.60. The van der Waals surface area contributed by atoms with Crippen LogP contribution in [0, 0.1) is 23.0 Å². The van der Waals surface area contributed by atoms with E-state index >= 15 is 4.39 Å². The number of likely N-dealkylation sites (tertiary alicyclic amines) is 2. The Labute approximate surface area is 272 Å². The van der Waals surface area contributed by atoms with Crippen LogP contribution in [-0.2, 0) is 4.79 Å². The predicted octanol–water partition coefficient (Wildman–Crippen LogP) is 5.93. The zero-order chi connectivity index (χ0) is 33.0. The van der Waals surface area contributed by atoms with E-state index < -0.39 is 17.8 Å². The highest BCUT2D eigenvalue weighted by Crippen LogP contribution is 2.46. The van der Waals surface area contributed by atoms with Crippen LogP contribution < -0.4 is 15.4 Å². The van der Waals surface area contributed by atoms with E-state index in [9.17, 15) is 18.8 Å². The van der Waals surface area contributed by atoms with Gasteiger partial charge in [0.2, 0.25) is 5.91 Å². The third-order valence-corrected chi connectivity index (χ3v) is 10.4. The van der Waals surface area contributed by atoms with Gasteiger partial charge in [0.05, 0.1) is 21.3 Å². The molecule has 2 aromatic carbocycles. The normalized spacial score (nSPS) is 21.7. The van der Waals surface area contributed by atoms with Gasteiger partial charge < -0.3 is 20.3 Å². The van der Waals surface area contributed by atoms with Crippen molar-refractivity contribution in [2.24, 2.45) is 0 Å². The van der Waals surface area contributed by atoms with Gasteiger partial charge in [-0.3, -0.25) is 9.69 Å². The molecule has 1 amide bonds. The molecular weight excluding hydrogens is 639 g/mol. The van der Waals surface area contributed by atoms with Crippen molar-refractivity contribution in [2.75, 3.05) is 44.4 Å². The second kappa shape index (κ2) is 12.2. The number of nitrogens with two attached hydrogens (primary N) is 1. The summed E-state index contributed by atoms with van der Waals surface area (Å²) in [4.78, 5) is 27.0. The van der Waals surface area contributed by atoms with E-state index in [1.54, 1.807) is 19.0 Å². The summed E-state index contributed by atoms with van der Waals surface area (Å²) < 4.78 is 51.8. The lowest BCUT2D eigenvalue weighted by atomic mass is 9.97. The zero-order valence-electron chi connectivity index (χ0n) is 25.4. The van der Waals surface area contributed by atoms with Crippen molar-refractivity contribution in [1.82, 2.24) is 19.8 Å². The number of halogens is 4. The fraction of sp³-hybridized carbons (Fsp3) is 0.375. The zero-order valence-corrected chi connectivity index (χ0v) is 26.9. The van der Waals surface area contributed by atoms with Gasteiger partial charge in [-0.2, -0.15) is 15.2 Å². The van der Waals surface area contributed by atoms with E-state index in [0.717, 1.165) is 11.3 Å². The number of benzene rings is 2. The van der Waals surface area contributed by atoms with Gasteiger partial charge >= 0.3 is 6.01 Å². The van der Waals surface area contributed by atoms with Crippen molar-refractivity contribution < 1.29 is 22.7 Å². The summed E-state index contributed by atoms with van der Waals surface area (Å²) >= 11 is 7.69. The van der Waals surface area contributed by atoms with Gasteiger partial charge in [-0.1, -0.05) is 24.2 Å². The number of amides is 1. The molecule has 0 radical (unpaired) electrons. The minimum Gasteiger partial charge on any atom is -0.462 e. The third-order valence-electron chi connectivity index (χ3n) is 9.09. The Hall–Kier alpha value is -4.12. The van der Waals surface area contributed by atoms with Crippen LogP contribution >= 0.6 is 22.9 Å². The van der Waals surface area contributed by atoms with Crippen LogP contribution in [0.15, 0.2) is 30.9 Å². The molecular formula is C32H31ClF3N7O2S. The highest BCUT2D eigenvalue weighted by atomic mass is 35.5. The Bertz CT molecular complexity index is 1930. The van der Waals surface area contributed by atoms with Gasteiger partial charge in [0, 0.05) is 48.6 Å². The second-order valence-electron chi connectivity index (χ2n) is 11.7. The molecule has 4 atom stereocenters. The van der Waals surface area contributed by atoms with Crippen LogP contribution in [0.2, 0.25) is 5.02 Å². The fourth-order valence-corrected chi connectivity index (χ4v) is 7.90. The van der Waals surface area contributed by atoms with Crippen LogP contribution in [0.4, 0.5) is 24.0 Å². The van der Waals surface area contributed by atoms with Crippen molar-refractivity contribution in [3.63, 3.8) is 0 Å². The van der Waals surface area contributed by atoms with Crippen molar-refractivity contribution in [3.8, 4) is 23.2 Å². The first kappa shape index (κ1) is 31.8. The molecule has 4 aromatic rings. The number of aromatic nitrogens is 2. The number of nitrogens with zero attached hydrogens (tertiary/aromatic N) is 6. The summed E-state index contributed by atoms with van der Waals surface area (Å²) in [5.41, 5.74) is 6.05. The van der Waals surface area contributed by atoms with E-state index in [1.165, 1.54) is 24.3 Å². The van der Waals surface area contributed by atoms with E-state index in [-0.39, 0.29) is 97.3 Å². The number of thiophene rings is 1. The summed E-state index contributed by atoms with van der Waals surface area (Å²) in [6.45, 7) is 6.37. The van der Waals surface area contributed by atoms with E-state index in [4.69, 9.17) is 22.1 Å². The first-order valence-electron chi connectivity index (χ1n) is 14.7. The molecule has 0 bridgehead atoms. The Balaban J connectivity index is 1.52. The minimum atomic E-state index is -0.984. The van der Waals surface area contributed by atoms with Gasteiger partial charge in [0.15, 0.2) is 5.82 Å². The van der Waals surface area contributed by atoms with Crippen LogP contribution in [-0.4, -0.2) is 83.8 Å². The lowest BCUT2D eigenvalue weighted by molar-refractivity contribution is -0.126. The Morgan fingerprint density at radius 2 is 2.13 bits per heavy atom. The largest absolute Gasteiger partial charge is 0.462 e. The lowest BCUT2D eigenvalue weighted by Crippen LogP contribution is -2.43. The van der Waals surface area contributed by atoms with Crippen LogP contribution in [0.25, 0.3) is 32.1 Å². The highest BCUT2D eigenvalue weighted by Gasteiger charge is 2.37. The van der Waals surface area contributed by atoms with Gasteiger partial charge in [-0.15, -0.1) is 11.3 Å². The number of anilines is 2. The number of carbonyl (C=O) groups excluding carboxylic acids is 1. The van der Waals surface area contributed by atoms with E-state index in [2.05, 4.69) is 16.5 Å². The van der Waals surface area contributed by atoms with Gasteiger partial charge in [-0.05, 0) is 50.6 Å². The van der Waals surface area contributed by atoms with Gasteiger partial charge in [-0.25, -0.2) is 13.2 Å². The van der Waals surface area contributed by atoms with E-state index in [1.807, 2.05) is 22.8 Å². The second-order valence-corrected chi connectivity index (χ2v) is 13.2. The Morgan fingerprint density at radius 3 is 2.80 bits per heavy atom. The monoisotopic (exact) mass is 669 g/mol. The number of hydrogen-bond donors (Lipinski definition) is 1. The average Bonchev–Trinajstić information content (AvgIpc) is 3.69. The number of ether oxygens (including phenoxy) is 1. The molecule has 0 saturated carbocycles. The minimum absolute atomic E-state index is 0.0111. The maximum Gasteiger partial charge on any atom is 0.319 e. The molecule has 0 aliphatic carbocycles. The number of nitrogen functional groups attached to an aromatic ring is 1. The smallest absolute Gasteiger partial charge is 0.319 e. The molecule has 2 aliphatic heterocycles. The number of nitriles is 1. The lowest BCUT2D eigenvalue weighted by Gasteiger charge is -2.32. The standard InChI is InChI=1S/C32H31ClF3N7O2S/c1-5-24(44)43-9-8-23(15(43)2)42(4)31-19-11-21(33)26(18-6-7-22(35)29-25(18)20(12-37)30(38)46-29)27(36)28(19)39-32(40-31)45-14-17-10-16(34)13-41(17)3/h5-7,11,15-17,23H,1,8-10,13-14,38H2,2-4H3/t15-,16-,17+,23?/m1/s1. The molecule has 9 nitrogen and oxygen atoms in total. The predicted molar refractivity (Wildman–Crippen MR) is 174 cm³/mol. The third kappa shape index (κ3) is 5.28. The van der Waals surface area contributed by atoms with Crippen LogP contribution in [0.5, 0.6) is 6.01 Å². The molecule has 0 spiro atoms. The fourth-order valence-electron chi connectivity index (χ4n) is 6.65. The number of hydrogen-bond acceptors (Lipinski definition) is 9. The quantitative estimate of drug-likeness (QED) is 0.241. The number of fused-ring (bicyclic) bond motifs is 2. The first-order valence-corrected chi connectivity index (χ1v) is 15.9. The maximum atomic E-state index is 16.9. The number of carbonyl (C=O) groups is 1. The molecule has 2 N–H and O–H groups in total. The van der Waals surface area contributed by atoms with E-state index in [0.29, 0.717) is 18.8 Å². The molecule has 2 fully saturated rings. The highest BCUT2D eigenvalue weighted by molar-refractivity contribution is 7.23. The van der Waals surface area contributed by atoms with Gasteiger partial charge in [0.1, 0.15) is 41.0 Å². The molecule has 4 heterocycles. The number of alkyl halides is 1. The summed E-state index contributed by atoms with van der Waals surface area (Å²) in [5.74, 6) is -1.29. The molecule has 2 aliphatic rings. The Kier molecular flexibility index (Phi) is 8.47. The molecule has 14 heteroatoms. The molecule has 240 valence electrons. The molecule has 6 rings (SSSR count). The topological polar surface area (TPSA) is 112 Å². The number of likely N-dealkylation sites (N-methyl/N-ethyl adjacent to an activating group) is 2. The van der Waals surface area contributed by atoms with Crippen molar-refractivity contribution in [2.45, 2.75) is 44.1 Å². The van der Waals surface area contributed by atoms with Crippen LogP contribution in [0.1, 0.15) is 25.3 Å². The molecule has 2 aromatic heterocycles. The average molecular weight is 670 g/mol. The summed E-state index contributed by atoms with van der Waals surface area (Å²) in [5, 5.41) is 10.4. The Morgan fingerprint density at radius 1 is 1.37 bits per heavy atom. The molecule has 46 heavy (non-hydrogen) atoms. The molecule has 2 saturated heterocycles. The summed E-state index contributed by atoms with van der Waals surface area (Å²) in [6.07, 6.45) is 1.18. The van der Waals surface area contributed by atoms with Crippen molar-refractivity contribution in [3.05, 3.63) is 53.1 Å². The maximum absolute atomic E-state index is 16.9. The van der Waals surface area contributed by atoms with Gasteiger partial charge in [0.25, 0.3) is 0 Å². The molecule has 1 unspecified atom stereocenters. The number of rotatable bonds is 7. The van der Waals surface area contributed by atoms with Crippen molar-refractivity contribution in [1.29, 1.82) is 5.26 Å². The van der Waals surface area contributed by atoms with Crippen LogP contribution in [0.3, 0.4) is 0 Å².